The Bertz CT molecular complexity index is 559. The minimum Gasteiger partial charge on any atom is -0.497 e. The van der Waals surface area contributed by atoms with Gasteiger partial charge in [-0.2, -0.15) is 0 Å². The fourth-order valence-corrected chi connectivity index (χ4v) is 1.81. The van der Waals surface area contributed by atoms with Crippen molar-refractivity contribution in [3.8, 4) is 11.5 Å². The van der Waals surface area contributed by atoms with Crippen LogP contribution in [0, 0.1) is 0 Å². The van der Waals surface area contributed by atoms with Gasteiger partial charge in [0, 0.05) is 6.07 Å². The van der Waals surface area contributed by atoms with Crippen LogP contribution < -0.4 is 20.5 Å². The molecule has 1 atom stereocenters. The predicted octanol–water partition coefficient (Wildman–Crippen LogP) is 2.02. The molecule has 4 N–H and O–H groups in total. The van der Waals surface area contributed by atoms with Crippen LogP contribution in [-0.2, 0) is 4.74 Å². The molecule has 0 saturated carbocycles. The third-order valence-electron chi connectivity index (χ3n) is 2.78. The molecule has 0 aromatic heterocycles. The van der Waals surface area contributed by atoms with Gasteiger partial charge in [-0.25, -0.2) is 4.79 Å². The third-order valence-corrected chi connectivity index (χ3v) is 2.78. The second-order valence-corrected chi connectivity index (χ2v) is 5.75. The Hall–Kier alpha value is -2.64. The average molecular weight is 325 g/mol. The molecule has 128 valence electrons. The highest BCUT2D eigenvalue weighted by atomic mass is 16.6. The molecule has 1 aromatic rings. The smallest absolute Gasteiger partial charge is 0.408 e. The molecule has 0 aliphatic heterocycles. The van der Waals surface area contributed by atoms with Crippen LogP contribution in [0.1, 0.15) is 32.4 Å². The maximum Gasteiger partial charge on any atom is 0.408 e. The van der Waals surface area contributed by atoms with Gasteiger partial charge in [-0.05, 0) is 38.5 Å². The van der Waals surface area contributed by atoms with E-state index in [4.69, 9.17) is 25.2 Å². The van der Waals surface area contributed by atoms with Crippen molar-refractivity contribution in [2.45, 2.75) is 32.4 Å². The van der Waals surface area contributed by atoms with E-state index in [-0.39, 0.29) is 5.84 Å². The molecule has 1 unspecified atom stereocenters. The Labute approximate surface area is 135 Å². The van der Waals surface area contributed by atoms with Gasteiger partial charge in [-0.15, -0.1) is 0 Å². The summed E-state index contributed by atoms with van der Waals surface area (Å²) < 4.78 is 15.6. The lowest BCUT2D eigenvalue weighted by Gasteiger charge is -2.23. The van der Waals surface area contributed by atoms with Gasteiger partial charge in [0.15, 0.2) is 5.84 Å². The van der Waals surface area contributed by atoms with E-state index in [1.807, 2.05) is 0 Å². The molecule has 0 saturated heterocycles. The zero-order valence-corrected chi connectivity index (χ0v) is 13.9. The van der Waals surface area contributed by atoms with Gasteiger partial charge in [-0.3, -0.25) is 0 Å². The van der Waals surface area contributed by atoms with E-state index in [1.165, 1.54) is 14.2 Å². The first-order valence-corrected chi connectivity index (χ1v) is 6.90. The number of oxime groups is 1. The fourth-order valence-electron chi connectivity index (χ4n) is 1.81. The molecule has 1 aromatic carbocycles. The van der Waals surface area contributed by atoms with Crippen molar-refractivity contribution in [2.75, 3.05) is 14.2 Å². The van der Waals surface area contributed by atoms with Crippen molar-refractivity contribution in [3.05, 3.63) is 23.8 Å². The zero-order valence-electron chi connectivity index (χ0n) is 13.9. The van der Waals surface area contributed by atoms with Crippen molar-refractivity contribution in [1.29, 1.82) is 0 Å². The van der Waals surface area contributed by atoms with Crippen LogP contribution in [0.2, 0.25) is 0 Å². The maximum atomic E-state index is 12.0. The molecule has 0 heterocycles. The van der Waals surface area contributed by atoms with E-state index in [1.54, 1.807) is 39.0 Å². The molecule has 0 aliphatic carbocycles. The van der Waals surface area contributed by atoms with Crippen LogP contribution in [0.25, 0.3) is 0 Å². The second kappa shape index (κ2) is 7.57. The minimum absolute atomic E-state index is 0.203. The first-order valence-electron chi connectivity index (χ1n) is 6.90. The van der Waals surface area contributed by atoms with Crippen LogP contribution in [-0.4, -0.2) is 37.0 Å². The molecule has 8 nitrogen and oxygen atoms in total. The predicted molar refractivity (Wildman–Crippen MR) is 85.1 cm³/mol. The summed E-state index contributed by atoms with van der Waals surface area (Å²) >= 11 is 0. The molecule has 1 amide bonds. The number of benzene rings is 1. The SMILES string of the molecule is COc1cc(OC)cc(C(NC(=O)OC(C)(C)C)/C(N)=N\O)c1. The molecule has 0 aliphatic rings. The Morgan fingerprint density at radius 1 is 1.22 bits per heavy atom. The van der Waals surface area contributed by atoms with Crippen LogP contribution in [0.5, 0.6) is 11.5 Å². The molecule has 1 rings (SSSR count). The number of rotatable bonds is 5. The van der Waals surface area contributed by atoms with Gasteiger partial charge >= 0.3 is 6.09 Å². The number of hydrogen-bond donors (Lipinski definition) is 3. The fraction of sp³-hybridized carbons (Fsp3) is 0.467. The van der Waals surface area contributed by atoms with E-state index in [9.17, 15) is 4.79 Å². The number of nitrogens with one attached hydrogen (secondary N) is 1. The van der Waals surface area contributed by atoms with Crippen molar-refractivity contribution in [2.24, 2.45) is 10.9 Å². The molecule has 0 bridgehead atoms. The number of hydrogen-bond acceptors (Lipinski definition) is 6. The molecule has 0 spiro atoms. The Balaban J connectivity index is 3.15. The van der Waals surface area contributed by atoms with Gasteiger partial charge in [0.05, 0.1) is 14.2 Å². The van der Waals surface area contributed by atoms with E-state index in [0.717, 1.165) is 0 Å². The van der Waals surface area contributed by atoms with Crippen LogP contribution in [0.3, 0.4) is 0 Å². The molecular formula is C15H23N3O5. The Morgan fingerprint density at radius 3 is 2.13 bits per heavy atom. The average Bonchev–Trinajstić information content (AvgIpc) is 2.49. The summed E-state index contributed by atoms with van der Waals surface area (Å²) in [5, 5.41) is 14.5. The van der Waals surface area contributed by atoms with Gasteiger partial charge in [0.25, 0.3) is 0 Å². The molecule has 0 fully saturated rings. The molecule has 0 radical (unpaired) electrons. The standard InChI is InChI=1S/C15H23N3O5/c1-15(2,3)23-14(19)17-12(13(16)18-20)9-6-10(21-4)8-11(7-9)22-5/h6-8,12,20H,1-5H3,(H2,16,18)(H,17,19). The van der Waals surface area contributed by atoms with E-state index in [0.29, 0.717) is 17.1 Å². The summed E-state index contributed by atoms with van der Waals surface area (Å²) in [5.41, 5.74) is 5.53. The summed E-state index contributed by atoms with van der Waals surface area (Å²) in [7, 11) is 3.00. The van der Waals surface area contributed by atoms with Crippen LogP contribution in [0.4, 0.5) is 4.79 Å². The van der Waals surface area contributed by atoms with Gasteiger partial charge in [0.2, 0.25) is 0 Å². The van der Waals surface area contributed by atoms with E-state index in [2.05, 4.69) is 10.5 Å². The lowest BCUT2D eigenvalue weighted by Crippen LogP contribution is -2.40. The van der Waals surface area contributed by atoms with Crippen molar-refractivity contribution in [1.82, 2.24) is 5.32 Å². The Morgan fingerprint density at radius 2 is 1.74 bits per heavy atom. The normalized spacial score (nSPS) is 13.2. The van der Waals surface area contributed by atoms with Crippen LogP contribution in [0.15, 0.2) is 23.4 Å². The molecule has 23 heavy (non-hydrogen) atoms. The first-order chi connectivity index (χ1) is 10.7. The van der Waals surface area contributed by atoms with Gasteiger partial charge < -0.3 is 30.5 Å². The number of nitrogens with zero attached hydrogens (tertiary/aromatic N) is 1. The molecule has 8 heteroatoms. The molecular weight excluding hydrogens is 302 g/mol. The Kier molecular flexibility index (Phi) is 6.06. The number of carbonyl (C=O) groups is 1. The monoisotopic (exact) mass is 325 g/mol. The summed E-state index contributed by atoms with van der Waals surface area (Å²) in [6.45, 7) is 5.21. The number of ether oxygens (including phenoxy) is 3. The lowest BCUT2D eigenvalue weighted by atomic mass is 10.1. The number of amides is 1. The highest BCUT2D eigenvalue weighted by Crippen LogP contribution is 2.27. The summed E-state index contributed by atoms with van der Waals surface area (Å²) in [6, 6.07) is 4.05. The third kappa shape index (κ3) is 5.57. The maximum absolute atomic E-state index is 12.0. The van der Waals surface area contributed by atoms with Crippen molar-refractivity contribution >= 4 is 11.9 Å². The van der Waals surface area contributed by atoms with Gasteiger partial charge in [-0.1, -0.05) is 5.16 Å². The lowest BCUT2D eigenvalue weighted by molar-refractivity contribution is 0.0516. The quantitative estimate of drug-likeness (QED) is 0.330. The van der Waals surface area contributed by atoms with E-state index < -0.39 is 17.7 Å². The minimum atomic E-state index is -0.904. The van der Waals surface area contributed by atoms with Gasteiger partial charge in [0.1, 0.15) is 23.1 Å². The second-order valence-electron chi connectivity index (χ2n) is 5.75. The number of nitrogens with two attached hydrogens (primary N) is 1. The topological polar surface area (TPSA) is 115 Å². The largest absolute Gasteiger partial charge is 0.497 e. The highest BCUT2D eigenvalue weighted by Gasteiger charge is 2.24. The number of carbonyl (C=O) groups excluding carboxylic acids is 1. The first kappa shape index (κ1) is 18.4. The van der Waals surface area contributed by atoms with Crippen LogP contribution >= 0.6 is 0 Å². The van der Waals surface area contributed by atoms with Crippen molar-refractivity contribution in [3.63, 3.8) is 0 Å². The summed E-state index contributed by atoms with van der Waals surface area (Å²) in [4.78, 5) is 12.0. The summed E-state index contributed by atoms with van der Waals surface area (Å²) in [6.07, 6.45) is -0.698. The number of alkyl carbamates (subject to hydrolysis) is 1. The highest BCUT2D eigenvalue weighted by molar-refractivity contribution is 5.89. The van der Waals surface area contributed by atoms with E-state index >= 15 is 0 Å². The number of methoxy groups -OCH3 is 2. The summed E-state index contributed by atoms with van der Waals surface area (Å²) in [5.74, 6) is 0.799. The van der Waals surface area contributed by atoms with Crippen molar-refractivity contribution < 1.29 is 24.2 Å². The zero-order chi connectivity index (χ0) is 17.6. The number of amidine groups is 1.